The molecule has 1 N–H and O–H groups in total. The molecule has 0 aliphatic carbocycles. The minimum absolute atomic E-state index is 0.303. The highest BCUT2D eigenvalue weighted by Crippen LogP contribution is 2.14. The third-order valence-electron chi connectivity index (χ3n) is 2.94. The van der Waals surface area contributed by atoms with Crippen molar-refractivity contribution in [3.63, 3.8) is 0 Å². The lowest BCUT2D eigenvalue weighted by Crippen LogP contribution is -2.02. The van der Waals surface area contributed by atoms with E-state index < -0.39 is 11.8 Å². The molecule has 0 amide bonds. The number of rotatable bonds is 4. The zero-order valence-electron chi connectivity index (χ0n) is 10.6. The molecule has 0 fully saturated rings. The number of halogens is 1. The van der Waals surface area contributed by atoms with Crippen LogP contribution in [0.4, 0.5) is 4.39 Å². The van der Waals surface area contributed by atoms with Crippen LogP contribution in [0.5, 0.6) is 0 Å². The normalized spacial score (nSPS) is 10.4. The van der Waals surface area contributed by atoms with Crippen LogP contribution >= 0.6 is 0 Å². The van der Waals surface area contributed by atoms with Gasteiger partial charge >= 0.3 is 5.97 Å². The van der Waals surface area contributed by atoms with E-state index >= 15 is 0 Å². The molecule has 0 spiro atoms. The fourth-order valence-corrected chi connectivity index (χ4v) is 1.82. The summed E-state index contributed by atoms with van der Waals surface area (Å²) in [6, 6.07) is 8.01. The lowest BCUT2D eigenvalue weighted by atomic mass is 10.0. The predicted octanol–water partition coefficient (Wildman–Crippen LogP) is 3.07. The van der Waals surface area contributed by atoms with Crippen molar-refractivity contribution in [3.8, 4) is 0 Å². The van der Waals surface area contributed by atoms with Gasteiger partial charge in [-0.3, -0.25) is 4.98 Å². The van der Waals surface area contributed by atoms with E-state index in [1.165, 1.54) is 12.1 Å². The minimum Gasteiger partial charge on any atom is -0.478 e. The van der Waals surface area contributed by atoms with Gasteiger partial charge in [0.2, 0.25) is 0 Å². The number of hydrogen-bond acceptors (Lipinski definition) is 2. The summed E-state index contributed by atoms with van der Waals surface area (Å²) < 4.78 is 13.3. The first kappa shape index (κ1) is 13.2. The van der Waals surface area contributed by atoms with Crippen LogP contribution < -0.4 is 0 Å². The number of carboxylic acids is 1. The van der Waals surface area contributed by atoms with Crippen LogP contribution in [-0.4, -0.2) is 16.1 Å². The number of aromatic carboxylic acids is 1. The number of carboxylic acid groups (broad SMARTS) is 1. The van der Waals surface area contributed by atoms with Gasteiger partial charge in [-0.1, -0.05) is 19.1 Å². The van der Waals surface area contributed by atoms with Gasteiger partial charge in [0.25, 0.3) is 0 Å². The van der Waals surface area contributed by atoms with Crippen molar-refractivity contribution >= 4 is 5.97 Å². The van der Waals surface area contributed by atoms with Gasteiger partial charge in [-0.05, 0) is 35.7 Å². The Bertz CT molecular complexity index is 594. The van der Waals surface area contributed by atoms with E-state index in [0.29, 0.717) is 6.42 Å². The molecule has 19 heavy (non-hydrogen) atoms. The molecular weight excluding hydrogens is 245 g/mol. The highest BCUT2D eigenvalue weighted by molar-refractivity contribution is 5.88. The van der Waals surface area contributed by atoms with Crippen LogP contribution in [0.1, 0.15) is 34.1 Å². The first-order chi connectivity index (χ1) is 9.10. The molecule has 0 aliphatic heterocycles. The molecule has 2 aromatic rings. The molecular formula is C15H14FNO2. The number of nitrogens with zero attached hydrogens (tertiary/aromatic N) is 1. The fourth-order valence-electron chi connectivity index (χ4n) is 1.82. The Morgan fingerprint density at radius 3 is 2.58 bits per heavy atom. The first-order valence-electron chi connectivity index (χ1n) is 6.05. The third kappa shape index (κ3) is 3.16. The Kier molecular flexibility index (Phi) is 3.90. The monoisotopic (exact) mass is 259 g/mol. The minimum atomic E-state index is -1.26. The summed E-state index contributed by atoms with van der Waals surface area (Å²) in [6.45, 7) is 2.05. The Morgan fingerprint density at radius 2 is 2.00 bits per heavy atom. The summed E-state index contributed by atoms with van der Waals surface area (Å²) in [6.07, 6.45) is 3.22. The molecule has 0 radical (unpaired) electrons. The van der Waals surface area contributed by atoms with E-state index in [2.05, 4.69) is 11.9 Å². The molecule has 1 aromatic heterocycles. The Balaban J connectivity index is 2.22. The predicted molar refractivity (Wildman–Crippen MR) is 69.8 cm³/mol. The standard InChI is InChI=1S/C15H14FNO2/c1-2-10-3-5-12(17-9-10)7-11-4-6-14(16)13(8-11)15(18)19/h3-6,8-9H,2,7H2,1H3,(H,18,19). The molecule has 0 atom stereocenters. The second-order valence-electron chi connectivity index (χ2n) is 4.31. The van der Waals surface area contributed by atoms with E-state index in [1.807, 2.05) is 12.1 Å². The van der Waals surface area contributed by atoms with Crippen molar-refractivity contribution in [1.29, 1.82) is 0 Å². The Labute approximate surface area is 110 Å². The van der Waals surface area contributed by atoms with Gasteiger partial charge < -0.3 is 5.11 Å². The molecule has 4 heteroatoms. The van der Waals surface area contributed by atoms with E-state index in [1.54, 1.807) is 12.3 Å². The molecule has 0 aliphatic rings. The molecule has 1 heterocycles. The number of aryl methyl sites for hydroxylation is 1. The topological polar surface area (TPSA) is 50.2 Å². The van der Waals surface area contributed by atoms with Gasteiger partial charge in [-0.25, -0.2) is 9.18 Å². The number of hydrogen-bond donors (Lipinski definition) is 1. The zero-order chi connectivity index (χ0) is 13.8. The van der Waals surface area contributed by atoms with Crippen molar-refractivity contribution in [3.05, 3.63) is 64.7 Å². The maximum Gasteiger partial charge on any atom is 0.338 e. The fraction of sp³-hybridized carbons (Fsp3) is 0.200. The van der Waals surface area contributed by atoms with Gasteiger partial charge in [0.05, 0.1) is 5.56 Å². The smallest absolute Gasteiger partial charge is 0.338 e. The maximum absolute atomic E-state index is 13.3. The first-order valence-corrected chi connectivity index (χ1v) is 6.05. The highest BCUT2D eigenvalue weighted by atomic mass is 19.1. The van der Waals surface area contributed by atoms with Crippen molar-refractivity contribution in [1.82, 2.24) is 4.98 Å². The summed E-state index contributed by atoms with van der Waals surface area (Å²) in [5, 5.41) is 8.87. The molecule has 3 nitrogen and oxygen atoms in total. The molecule has 0 saturated heterocycles. The average molecular weight is 259 g/mol. The van der Waals surface area contributed by atoms with Gasteiger partial charge in [0, 0.05) is 18.3 Å². The van der Waals surface area contributed by atoms with Crippen LogP contribution in [0.25, 0.3) is 0 Å². The van der Waals surface area contributed by atoms with Crippen molar-refractivity contribution < 1.29 is 14.3 Å². The van der Waals surface area contributed by atoms with Gasteiger partial charge in [0.1, 0.15) is 5.82 Å². The van der Waals surface area contributed by atoms with Crippen molar-refractivity contribution in [2.24, 2.45) is 0 Å². The second-order valence-corrected chi connectivity index (χ2v) is 4.31. The largest absolute Gasteiger partial charge is 0.478 e. The lowest BCUT2D eigenvalue weighted by Gasteiger charge is -2.04. The van der Waals surface area contributed by atoms with Crippen molar-refractivity contribution in [2.75, 3.05) is 0 Å². The Morgan fingerprint density at radius 1 is 1.26 bits per heavy atom. The van der Waals surface area contributed by atoms with Gasteiger partial charge in [-0.2, -0.15) is 0 Å². The van der Waals surface area contributed by atoms with E-state index in [4.69, 9.17) is 5.11 Å². The summed E-state index contributed by atoms with van der Waals surface area (Å²) in [5.41, 5.74) is 2.41. The van der Waals surface area contributed by atoms with Gasteiger partial charge in [-0.15, -0.1) is 0 Å². The highest BCUT2D eigenvalue weighted by Gasteiger charge is 2.11. The zero-order valence-corrected chi connectivity index (χ0v) is 10.6. The van der Waals surface area contributed by atoms with E-state index in [0.717, 1.165) is 23.2 Å². The van der Waals surface area contributed by atoms with Gasteiger partial charge in [0.15, 0.2) is 0 Å². The van der Waals surface area contributed by atoms with Crippen LogP contribution in [0.2, 0.25) is 0 Å². The summed E-state index contributed by atoms with van der Waals surface area (Å²) >= 11 is 0. The average Bonchev–Trinajstić information content (AvgIpc) is 2.41. The third-order valence-corrected chi connectivity index (χ3v) is 2.94. The SMILES string of the molecule is CCc1ccc(Cc2ccc(F)c(C(=O)O)c2)nc1. The molecule has 2 rings (SSSR count). The van der Waals surface area contributed by atoms with E-state index in [-0.39, 0.29) is 5.56 Å². The van der Waals surface area contributed by atoms with Crippen LogP contribution in [0, 0.1) is 5.82 Å². The summed E-state index contributed by atoms with van der Waals surface area (Å²) in [7, 11) is 0. The van der Waals surface area contributed by atoms with Crippen molar-refractivity contribution in [2.45, 2.75) is 19.8 Å². The molecule has 1 aromatic carbocycles. The second kappa shape index (κ2) is 5.61. The number of aromatic nitrogens is 1. The van der Waals surface area contributed by atoms with Crippen LogP contribution in [-0.2, 0) is 12.8 Å². The molecule has 0 bridgehead atoms. The quantitative estimate of drug-likeness (QED) is 0.918. The number of carbonyl (C=O) groups is 1. The molecule has 0 unspecified atom stereocenters. The molecule has 0 saturated carbocycles. The molecule has 98 valence electrons. The van der Waals surface area contributed by atoms with E-state index in [9.17, 15) is 9.18 Å². The number of benzene rings is 1. The maximum atomic E-state index is 13.3. The lowest BCUT2D eigenvalue weighted by molar-refractivity contribution is 0.0691. The Hall–Kier alpha value is -2.23. The van der Waals surface area contributed by atoms with Crippen LogP contribution in [0.15, 0.2) is 36.5 Å². The summed E-state index contributed by atoms with van der Waals surface area (Å²) in [4.78, 5) is 15.2. The summed E-state index contributed by atoms with van der Waals surface area (Å²) in [5.74, 6) is -1.97. The van der Waals surface area contributed by atoms with Crippen LogP contribution in [0.3, 0.4) is 0 Å². The number of pyridine rings is 1.